The number of carboxylic acid groups (broad SMARTS) is 1. The van der Waals surface area contributed by atoms with Gasteiger partial charge in [0.15, 0.2) is 4.96 Å². The molecule has 21 heavy (non-hydrogen) atoms. The van der Waals surface area contributed by atoms with Crippen LogP contribution in [-0.4, -0.2) is 55.1 Å². The average molecular weight is 309 g/mol. The smallest absolute Gasteiger partial charge is 0.326 e. The van der Waals surface area contributed by atoms with Crippen LogP contribution in [0.4, 0.5) is 0 Å². The number of aliphatic hydroxyl groups excluding tert-OH is 1. The summed E-state index contributed by atoms with van der Waals surface area (Å²) in [4.78, 5) is 29.9. The van der Waals surface area contributed by atoms with E-state index < -0.39 is 18.1 Å². The molecule has 0 saturated carbocycles. The zero-order chi connectivity index (χ0) is 15.1. The number of amides is 1. The number of hydrogen-bond acceptors (Lipinski definition) is 5. The maximum atomic E-state index is 12.3. The molecule has 0 aliphatic carbocycles. The maximum absolute atomic E-state index is 12.3. The fourth-order valence-corrected chi connectivity index (χ4v) is 3.57. The monoisotopic (exact) mass is 309 g/mol. The van der Waals surface area contributed by atoms with Crippen molar-refractivity contribution in [2.24, 2.45) is 0 Å². The number of fused-ring (bicyclic) bond motifs is 1. The summed E-state index contributed by atoms with van der Waals surface area (Å²) in [7, 11) is 0. The van der Waals surface area contributed by atoms with Gasteiger partial charge in [0.05, 0.1) is 18.2 Å². The summed E-state index contributed by atoms with van der Waals surface area (Å²) in [5.74, 6) is -1.36. The average Bonchev–Trinajstić information content (AvgIpc) is 3.05. The van der Waals surface area contributed by atoms with Gasteiger partial charge in [0.2, 0.25) is 5.91 Å². The number of carbonyl (C=O) groups is 2. The minimum absolute atomic E-state index is 0.0754. The van der Waals surface area contributed by atoms with Gasteiger partial charge in [-0.25, -0.2) is 9.78 Å². The number of carbonyl (C=O) groups excluding carboxylic acids is 1. The molecule has 2 atom stereocenters. The third-order valence-corrected chi connectivity index (χ3v) is 4.51. The predicted molar refractivity (Wildman–Crippen MR) is 75.3 cm³/mol. The number of thiazole rings is 1. The van der Waals surface area contributed by atoms with Gasteiger partial charge in [-0.2, -0.15) is 0 Å². The number of aromatic nitrogens is 2. The molecule has 0 unspecified atom stereocenters. The summed E-state index contributed by atoms with van der Waals surface area (Å²) in [6.45, 7) is 1.95. The van der Waals surface area contributed by atoms with E-state index in [1.54, 1.807) is 0 Å². The number of aryl methyl sites for hydroxylation is 1. The number of rotatable bonds is 3. The van der Waals surface area contributed by atoms with Gasteiger partial charge in [-0.1, -0.05) is 0 Å². The van der Waals surface area contributed by atoms with Gasteiger partial charge in [-0.05, 0) is 6.92 Å². The largest absolute Gasteiger partial charge is 0.480 e. The molecule has 0 aromatic carbocycles. The van der Waals surface area contributed by atoms with Crippen molar-refractivity contribution < 1.29 is 19.8 Å². The number of aliphatic hydroxyl groups is 1. The van der Waals surface area contributed by atoms with Crippen LogP contribution in [0.2, 0.25) is 0 Å². The standard InChI is InChI=1S/C13H15N3O4S/c1-7-4-15-8(6-21-13(15)14-7)2-11(18)16-5-9(17)3-10(16)12(19)20/h4,6,9-10,17H,2-3,5H2,1H3,(H,19,20)/t9-,10+/m1/s1. The van der Waals surface area contributed by atoms with Crippen LogP contribution < -0.4 is 0 Å². The Morgan fingerprint density at radius 3 is 3.00 bits per heavy atom. The molecule has 1 aliphatic heterocycles. The first-order chi connectivity index (χ1) is 9.95. The van der Waals surface area contributed by atoms with E-state index in [9.17, 15) is 14.7 Å². The molecule has 2 aromatic heterocycles. The molecule has 1 fully saturated rings. The van der Waals surface area contributed by atoms with E-state index in [-0.39, 0.29) is 25.3 Å². The van der Waals surface area contributed by atoms with E-state index in [2.05, 4.69) is 4.98 Å². The first-order valence-corrected chi connectivity index (χ1v) is 7.46. The zero-order valence-corrected chi connectivity index (χ0v) is 12.2. The van der Waals surface area contributed by atoms with Gasteiger partial charge in [0.25, 0.3) is 0 Å². The highest BCUT2D eigenvalue weighted by atomic mass is 32.1. The molecule has 3 heterocycles. The van der Waals surface area contributed by atoms with E-state index in [0.717, 1.165) is 16.3 Å². The molecule has 8 heteroatoms. The fourth-order valence-electron chi connectivity index (χ4n) is 2.65. The van der Waals surface area contributed by atoms with E-state index in [1.165, 1.54) is 16.2 Å². The summed E-state index contributed by atoms with van der Waals surface area (Å²) in [5.41, 5.74) is 1.65. The molecule has 2 N–H and O–H groups in total. The second-order valence-electron chi connectivity index (χ2n) is 5.23. The molecular weight excluding hydrogens is 294 g/mol. The molecule has 1 amide bonds. The number of β-amino-alcohol motifs (C(OH)–C–C–N with tert-alkyl or cyclic N) is 1. The van der Waals surface area contributed by atoms with E-state index in [0.29, 0.717) is 0 Å². The van der Waals surface area contributed by atoms with Gasteiger partial charge in [0, 0.05) is 30.2 Å². The Bertz CT molecular complexity index is 707. The van der Waals surface area contributed by atoms with Crippen molar-refractivity contribution in [3.05, 3.63) is 23.0 Å². The number of nitrogens with zero attached hydrogens (tertiary/aromatic N) is 3. The predicted octanol–water partition coefficient (Wildman–Crippen LogP) is 0.293. The minimum Gasteiger partial charge on any atom is -0.480 e. The second kappa shape index (κ2) is 5.12. The summed E-state index contributed by atoms with van der Waals surface area (Å²) in [6.07, 6.45) is 1.27. The number of likely N-dealkylation sites (tertiary alicyclic amines) is 1. The summed E-state index contributed by atoms with van der Waals surface area (Å²) in [5, 5.41) is 20.6. The molecule has 1 saturated heterocycles. The van der Waals surface area contributed by atoms with Crippen molar-refractivity contribution >= 4 is 28.2 Å². The van der Waals surface area contributed by atoms with Crippen molar-refractivity contribution in [3.63, 3.8) is 0 Å². The van der Waals surface area contributed by atoms with E-state index in [4.69, 9.17) is 5.11 Å². The molecule has 3 rings (SSSR count). The second-order valence-corrected chi connectivity index (χ2v) is 6.06. The number of imidazole rings is 1. The lowest BCUT2D eigenvalue weighted by molar-refractivity contribution is -0.148. The summed E-state index contributed by atoms with van der Waals surface area (Å²) >= 11 is 1.44. The topological polar surface area (TPSA) is 95.1 Å². The van der Waals surface area contributed by atoms with Crippen LogP contribution in [0.5, 0.6) is 0 Å². The third-order valence-electron chi connectivity index (χ3n) is 3.62. The van der Waals surface area contributed by atoms with Crippen LogP contribution in [0.3, 0.4) is 0 Å². The first kappa shape index (κ1) is 14.0. The first-order valence-electron chi connectivity index (χ1n) is 6.58. The zero-order valence-electron chi connectivity index (χ0n) is 11.4. The van der Waals surface area contributed by atoms with Crippen LogP contribution in [0.1, 0.15) is 17.8 Å². The lowest BCUT2D eigenvalue weighted by atomic mass is 10.2. The molecule has 112 valence electrons. The van der Waals surface area contributed by atoms with Crippen molar-refractivity contribution in [2.45, 2.75) is 31.9 Å². The van der Waals surface area contributed by atoms with Crippen molar-refractivity contribution in [1.29, 1.82) is 0 Å². The Hall–Kier alpha value is -1.93. The minimum atomic E-state index is -1.08. The molecule has 0 spiro atoms. The van der Waals surface area contributed by atoms with Crippen LogP contribution in [0.15, 0.2) is 11.6 Å². The molecule has 0 bridgehead atoms. The van der Waals surface area contributed by atoms with Gasteiger partial charge in [0.1, 0.15) is 6.04 Å². The van der Waals surface area contributed by atoms with Crippen LogP contribution in [-0.2, 0) is 16.0 Å². The summed E-state index contributed by atoms with van der Waals surface area (Å²) < 4.78 is 1.85. The lowest BCUT2D eigenvalue weighted by Crippen LogP contribution is -2.41. The van der Waals surface area contributed by atoms with Gasteiger partial charge in [-0.15, -0.1) is 11.3 Å². The summed E-state index contributed by atoms with van der Waals surface area (Å²) in [6, 6.07) is -0.939. The van der Waals surface area contributed by atoms with Crippen LogP contribution in [0, 0.1) is 6.92 Å². The SMILES string of the molecule is Cc1cn2c(CC(=O)N3C[C@H](O)C[C@H]3C(=O)O)csc2n1. The van der Waals surface area contributed by atoms with Crippen LogP contribution in [0.25, 0.3) is 4.96 Å². The molecule has 2 aromatic rings. The fraction of sp³-hybridized carbons (Fsp3) is 0.462. The Morgan fingerprint density at radius 2 is 2.29 bits per heavy atom. The Morgan fingerprint density at radius 1 is 1.52 bits per heavy atom. The third kappa shape index (κ3) is 2.52. The van der Waals surface area contributed by atoms with Gasteiger partial charge >= 0.3 is 5.97 Å². The van der Waals surface area contributed by atoms with Crippen molar-refractivity contribution in [2.75, 3.05) is 6.54 Å². The quantitative estimate of drug-likeness (QED) is 0.850. The van der Waals surface area contributed by atoms with Crippen molar-refractivity contribution in [3.8, 4) is 0 Å². The molecule has 1 aliphatic rings. The Balaban J connectivity index is 1.81. The lowest BCUT2D eigenvalue weighted by Gasteiger charge is -2.20. The number of carboxylic acids is 1. The molecular formula is C13H15N3O4S. The Kier molecular flexibility index (Phi) is 3.42. The Labute approximate surface area is 124 Å². The normalized spacial score (nSPS) is 22.1. The number of hydrogen-bond donors (Lipinski definition) is 2. The van der Waals surface area contributed by atoms with Gasteiger partial charge in [-0.3, -0.25) is 9.20 Å². The maximum Gasteiger partial charge on any atom is 0.326 e. The molecule has 0 radical (unpaired) electrons. The van der Waals surface area contributed by atoms with Gasteiger partial charge < -0.3 is 15.1 Å². The van der Waals surface area contributed by atoms with E-state index in [1.807, 2.05) is 22.9 Å². The highest BCUT2D eigenvalue weighted by Gasteiger charge is 2.38. The highest BCUT2D eigenvalue weighted by molar-refractivity contribution is 7.15. The highest BCUT2D eigenvalue weighted by Crippen LogP contribution is 2.22. The van der Waals surface area contributed by atoms with Crippen molar-refractivity contribution in [1.82, 2.24) is 14.3 Å². The van der Waals surface area contributed by atoms with Crippen LogP contribution >= 0.6 is 11.3 Å². The molecule has 7 nitrogen and oxygen atoms in total. The van der Waals surface area contributed by atoms with E-state index >= 15 is 0 Å². The number of aliphatic carboxylic acids is 1.